The van der Waals surface area contributed by atoms with E-state index in [9.17, 15) is 19.1 Å². The Morgan fingerprint density at radius 2 is 2.23 bits per heavy atom. The first-order chi connectivity index (χ1) is 10.4. The van der Waals surface area contributed by atoms with Crippen molar-refractivity contribution in [3.63, 3.8) is 0 Å². The first-order valence-corrected chi connectivity index (χ1v) is 7.91. The first-order valence-electron chi connectivity index (χ1n) is 7.11. The molecule has 1 fully saturated rings. The minimum Gasteiger partial charge on any atom is -0.375 e. The van der Waals surface area contributed by atoms with Gasteiger partial charge in [-0.1, -0.05) is 15.9 Å². The maximum absolute atomic E-state index is 12.7. The van der Waals surface area contributed by atoms with Gasteiger partial charge in [0.05, 0.1) is 13.1 Å². The summed E-state index contributed by atoms with van der Waals surface area (Å²) in [5, 5.41) is 13.6. The standard InChI is InChI=1S/C15H16BrFN2O3/c16-10-1-2-12-11(5-10)15(22,6-13(20)18-12)14(21)19-7-9(8-19)3-4-17/h1-2,5,9,22H,3-4,6-8H2,(H,18,20). The zero-order valence-electron chi connectivity index (χ0n) is 11.8. The summed E-state index contributed by atoms with van der Waals surface area (Å²) in [6.45, 7) is 0.446. The van der Waals surface area contributed by atoms with Gasteiger partial charge in [0, 0.05) is 28.8 Å². The highest BCUT2D eigenvalue weighted by molar-refractivity contribution is 9.10. The van der Waals surface area contributed by atoms with E-state index < -0.39 is 24.1 Å². The number of anilines is 1. The Hall–Kier alpha value is -1.47. The van der Waals surface area contributed by atoms with Crippen molar-refractivity contribution >= 4 is 33.4 Å². The summed E-state index contributed by atoms with van der Waals surface area (Å²) in [6, 6.07) is 5.03. The van der Waals surface area contributed by atoms with Crippen LogP contribution < -0.4 is 5.32 Å². The molecule has 2 amide bonds. The summed E-state index contributed by atoms with van der Waals surface area (Å²) in [7, 11) is 0. The number of fused-ring (bicyclic) bond motifs is 1. The summed E-state index contributed by atoms with van der Waals surface area (Å²) in [5.41, 5.74) is -1.03. The second-order valence-electron chi connectivity index (χ2n) is 5.83. The average Bonchev–Trinajstić information content (AvgIpc) is 2.42. The largest absolute Gasteiger partial charge is 0.375 e. The molecule has 2 aliphatic rings. The van der Waals surface area contributed by atoms with E-state index >= 15 is 0 Å². The van der Waals surface area contributed by atoms with Crippen LogP contribution in [-0.2, 0) is 15.2 Å². The highest BCUT2D eigenvalue weighted by Gasteiger charge is 2.49. The summed E-state index contributed by atoms with van der Waals surface area (Å²) in [5.74, 6) is -0.750. The van der Waals surface area contributed by atoms with Crippen molar-refractivity contribution in [3.05, 3.63) is 28.2 Å². The predicted molar refractivity (Wildman–Crippen MR) is 81.9 cm³/mol. The number of nitrogens with one attached hydrogen (secondary N) is 1. The molecule has 1 atom stereocenters. The highest BCUT2D eigenvalue weighted by Crippen LogP contribution is 2.40. The molecule has 5 nitrogen and oxygen atoms in total. The number of benzene rings is 1. The third kappa shape index (κ3) is 2.52. The quantitative estimate of drug-likeness (QED) is 0.852. The van der Waals surface area contributed by atoms with Gasteiger partial charge >= 0.3 is 0 Å². The number of carbonyl (C=O) groups is 2. The van der Waals surface area contributed by atoms with Gasteiger partial charge in [-0.05, 0) is 30.5 Å². The number of carbonyl (C=O) groups excluding carboxylic acids is 2. The van der Waals surface area contributed by atoms with Gasteiger partial charge in [-0.3, -0.25) is 14.0 Å². The molecule has 1 aromatic carbocycles. The maximum Gasteiger partial charge on any atom is 0.259 e. The Balaban J connectivity index is 1.88. The van der Waals surface area contributed by atoms with Gasteiger partial charge in [0.25, 0.3) is 5.91 Å². The van der Waals surface area contributed by atoms with Gasteiger partial charge in [-0.25, -0.2) is 0 Å². The molecule has 1 saturated heterocycles. The fraction of sp³-hybridized carbons (Fsp3) is 0.467. The number of aliphatic hydroxyl groups is 1. The number of halogens is 2. The first kappa shape index (κ1) is 15.4. The van der Waals surface area contributed by atoms with Crippen molar-refractivity contribution in [2.24, 2.45) is 5.92 Å². The Morgan fingerprint density at radius 1 is 1.50 bits per heavy atom. The molecule has 0 saturated carbocycles. The molecule has 3 rings (SSSR count). The minimum absolute atomic E-state index is 0.136. The van der Waals surface area contributed by atoms with Gasteiger partial charge in [0.15, 0.2) is 5.60 Å². The second kappa shape index (κ2) is 5.62. The fourth-order valence-electron chi connectivity index (χ4n) is 3.01. The molecule has 2 aliphatic heterocycles. The lowest BCUT2D eigenvalue weighted by Gasteiger charge is -2.44. The van der Waals surface area contributed by atoms with Crippen LogP contribution >= 0.6 is 15.9 Å². The average molecular weight is 371 g/mol. The lowest BCUT2D eigenvalue weighted by Crippen LogP contribution is -2.58. The number of amides is 2. The van der Waals surface area contributed by atoms with Crippen LogP contribution in [0.25, 0.3) is 0 Å². The summed E-state index contributed by atoms with van der Waals surface area (Å²) < 4.78 is 13.0. The van der Waals surface area contributed by atoms with E-state index in [1.807, 2.05) is 0 Å². The van der Waals surface area contributed by atoms with Gasteiger partial charge in [0.2, 0.25) is 5.91 Å². The van der Waals surface area contributed by atoms with Crippen molar-refractivity contribution in [2.45, 2.75) is 18.4 Å². The molecule has 0 bridgehead atoms. The molecular weight excluding hydrogens is 355 g/mol. The molecule has 118 valence electrons. The van der Waals surface area contributed by atoms with E-state index in [2.05, 4.69) is 21.2 Å². The van der Waals surface area contributed by atoms with E-state index in [4.69, 9.17) is 0 Å². The van der Waals surface area contributed by atoms with E-state index in [0.717, 1.165) is 0 Å². The number of hydrogen-bond acceptors (Lipinski definition) is 3. The monoisotopic (exact) mass is 370 g/mol. The van der Waals surface area contributed by atoms with E-state index in [-0.39, 0.29) is 12.3 Å². The normalized spacial score (nSPS) is 24.5. The van der Waals surface area contributed by atoms with Gasteiger partial charge in [-0.15, -0.1) is 0 Å². The smallest absolute Gasteiger partial charge is 0.259 e. The van der Waals surface area contributed by atoms with Crippen LogP contribution in [-0.4, -0.2) is 41.6 Å². The van der Waals surface area contributed by atoms with Gasteiger partial charge < -0.3 is 15.3 Å². The topological polar surface area (TPSA) is 69.6 Å². The number of alkyl halides is 1. The predicted octanol–water partition coefficient (Wildman–Crippen LogP) is 1.80. The van der Waals surface area contributed by atoms with Crippen molar-refractivity contribution < 1.29 is 19.1 Å². The Bertz CT molecular complexity index is 633. The Kier molecular flexibility index (Phi) is 3.94. The lowest BCUT2D eigenvalue weighted by molar-refractivity contribution is -0.162. The van der Waals surface area contributed by atoms with Gasteiger partial charge in [0.1, 0.15) is 0 Å². The van der Waals surface area contributed by atoms with Crippen LogP contribution in [0.4, 0.5) is 10.1 Å². The molecule has 22 heavy (non-hydrogen) atoms. The molecule has 0 spiro atoms. The number of hydrogen-bond donors (Lipinski definition) is 2. The summed E-state index contributed by atoms with van der Waals surface area (Å²) in [6.07, 6.45) is 0.115. The summed E-state index contributed by atoms with van der Waals surface area (Å²) in [4.78, 5) is 26.0. The van der Waals surface area contributed by atoms with E-state index in [1.54, 1.807) is 18.2 Å². The zero-order chi connectivity index (χ0) is 15.9. The van der Waals surface area contributed by atoms with Crippen LogP contribution in [0.3, 0.4) is 0 Å². The molecule has 7 heteroatoms. The highest BCUT2D eigenvalue weighted by atomic mass is 79.9. The van der Waals surface area contributed by atoms with Crippen LogP contribution in [0.5, 0.6) is 0 Å². The third-order valence-electron chi connectivity index (χ3n) is 4.23. The maximum atomic E-state index is 12.7. The van der Waals surface area contributed by atoms with Crippen LogP contribution in [0.1, 0.15) is 18.4 Å². The van der Waals surface area contributed by atoms with Crippen molar-refractivity contribution in [1.29, 1.82) is 0 Å². The molecule has 1 aromatic rings. The molecular formula is C15H16BrFN2O3. The van der Waals surface area contributed by atoms with E-state index in [0.29, 0.717) is 35.2 Å². The van der Waals surface area contributed by atoms with Crippen molar-refractivity contribution in [2.75, 3.05) is 25.1 Å². The van der Waals surface area contributed by atoms with Crippen LogP contribution in [0.2, 0.25) is 0 Å². The SMILES string of the molecule is O=C1CC(O)(C(=O)N2CC(CCF)C2)c2cc(Br)ccc2N1. The number of rotatable bonds is 3. The molecule has 2 N–H and O–H groups in total. The van der Waals surface area contributed by atoms with Crippen LogP contribution in [0, 0.1) is 5.92 Å². The number of nitrogens with zero attached hydrogens (tertiary/aromatic N) is 1. The minimum atomic E-state index is -1.86. The zero-order valence-corrected chi connectivity index (χ0v) is 13.4. The van der Waals surface area contributed by atoms with Crippen LogP contribution in [0.15, 0.2) is 22.7 Å². The summed E-state index contributed by atoms with van der Waals surface area (Å²) >= 11 is 3.31. The lowest BCUT2D eigenvalue weighted by atomic mass is 9.83. The van der Waals surface area contributed by atoms with Crippen molar-refractivity contribution in [1.82, 2.24) is 4.90 Å². The molecule has 0 aromatic heterocycles. The van der Waals surface area contributed by atoms with Gasteiger partial charge in [-0.2, -0.15) is 0 Å². The molecule has 2 heterocycles. The molecule has 0 aliphatic carbocycles. The van der Waals surface area contributed by atoms with Crippen molar-refractivity contribution in [3.8, 4) is 0 Å². The fourth-order valence-corrected chi connectivity index (χ4v) is 3.38. The Morgan fingerprint density at radius 3 is 2.91 bits per heavy atom. The number of likely N-dealkylation sites (tertiary alicyclic amines) is 1. The second-order valence-corrected chi connectivity index (χ2v) is 6.74. The Labute approximate surface area is 135 Å². The van der Waals surface area contributed by atoms with E-state index in [1.165, 1.54) is 4.90 Å². The molecule has 0 radical (unpaired) electrons. The third-order valence-corrected chi connectivity index (χ3v) is 4.73. The molecule has 1 unspecified atom stereocenters.